The number of rotatable bonds is 6. The highest BCUT2D eigenvalue weighted by Crippen LogP contribution is 2.15. The first-order valence-electron chi connectivity index (χ1n) is 5.75. The summed E-state index contributed by atoms with van der Waals surface area (Å²) in [7, 11) is 0. The summed E-state index contributed by atoms with van der Waals surface area (Å²) in [6.07, 6.45) is -0.180. The average molecular weight is 252 g/mol. The Hall–Kier alpha value is -2.04. The molecule has 1 N–H and O–H groups in total. The Morgan fingerprint density at radius 2 is 1.83 bits per heavy atom. The van der Waals surface area contributed by atoms with Gasteiger partial charge in [0, 0.05) is 0 Å². The number of aromatic carboxylic acids is 1. The van der Waals surface area contributed by atoms with E-state index in [-0.39, 0.29) is 5.56 Å². The first kappa shape index (κ1) is 14.0. The number of carboxylic acid groups (broad SMARTS) is 1. The van der Waals surface area contributed by atoms with Gasteiger partial charge in [-0.1, -0.05) is 6.92 Å². The van der Waals surface area contributed by atoms with Gasteiger partial charge in [-0.3, -0.25) is 0 Å². The molecular formula is C13H16O5. The second kappa shape index (κ2) is 6.64. The molecule has 0 amide bonds. The number of esters is 1. The summed E-state index contributed by atoms with van der Waals surface area (Å²) in [5, 5.41) is 8.75. The summed E-state index contributed by atoms with van der Waals surface area (Å²) in [5.74, 6) is -0.971. The molecule has 5 heteroatoms. The predicted octanol–water partition coefficient (Wildman–Crippen LogP) is 2.11. The van der Waals surface area contributed by atoms with E-state index in [1.807, 2.05) is 6.92 Å². The maximum atomic E-state index is 11.5. The van der Waals surface area contributed by atoms with Gasteiger partial charge in [0.15, 0.2) is 6.10 Å². The molecule has 1 aromatic rings. The molecule has 98 valence electrons. The van der Waals surface area contributed by atoms with Crippen LogP contribution < -0.4 is 4.74 Å². The number of hydrogen-bond acceptors (Lipinski definition) is 4. The fraction of sp³-hybridized carbons (Fsp3) is 0.385. The van der Waals surface area contributed by atoms with Crippen LogP contribution in [0.4, 0.5) is 0 Å². The molecule has 0 aromatic heterocycles. The van der Waals surface area contributed by atoms with Gasteiger partial charge in [-0.05, 0) is 37.6 Å². The first-order valence-corrected chi connectivity index (χ1v) is 5.75. The van der Waals surface area contributed by atoms with Gasteiger partial charge >= 0.3 is 11.9 Å². The molecule has 0 aliphatic carbocycles. The SMILES string of the molecule is CCOC(=O)C(CC)Oc1ccc(C(=O)O)cc1. The predicted molar refractivity (Wildman–Crippen MR) is 64.7 cm³/mol. The molecule has 18 heavy (non-hydrogen) atoms. The Labute approximate surface area is 105 Å². The van der Waals surface area contributed by atoms with Gasteiger partial charge in [0.05, 0.1) is 12.2 Å². The monoisotopic (exact) mass is 252 g/mol. The number of hydrogen-bond donors (Lipinski definition) is 1. The van der Waals surface area contributed by atoms with Crippen LogP contribution in [-0.4, -0.2) is 29.8 Å². The van der Waals surface area contributed by atoms with Gasteiger partial charge in [-0.15, -0.1) is 0 Å². The molecular weight excluding hydrogens is 236 g/mol. The highest BCUT2D eigenvalue weighted by molar-refractivity contribution is 5.87. The van der Waals surface area contributed by atoms with Crippen molar-refractivity contribution in [2.24, 2.45) is 0 Å². The fourth-order valence-electron chi connectivity index (χ4n) is 1.37. The minimum atomic E-state index is -1.00. The van der Waals surface area contributed by atoms with Gasteiger partial charge in [-0.2, -0.15) is 0 Å². The van der Waals surface area contributed by atoms with Gasteiger partial charge in [0.2, 0.25) is 0 Å². The van der Waals surface area contributed by atoms with Crippen molar-refractivity contribution in [2.75, 3.05) is 6.61 Å². The topological polar surface area (TPSA) is 72.8 Å². The molecule has 0 aliphatic rings. The first-order chi connectivity index (χ1) is 8.58. The standard InChI is InChI=1S/C13H16O5/c1-3-11(13(16)17-4-2)18-10-7-5-9(6-8-10)12(14)15/h5-8,11H,3-4H2,1-2H3,(H,14,15). The molecule has 0 radical (unpaired) electrons. The number of ether oxygens (including phenoxy) is 2. The van der Waals surface area contributed by atoms with E-state index in [2.05, 4.69) is 0 Å². The van der Waals surface area contributed by atoms with E-state index < -0.39 is 18.0 Å². The van der Waals surface area contributed by atoms with Crippen LogP contribution in [0.15, 0.2) is 24.3 Å². The largest absolute Gasteiger partial charge is 0.479 e. The third-order valence-electron chi connectivity index (χ3n) is 2.30. The molecule has 0 bridgehead atoms. The smallest absolute Gasteiger partial charge is 0.347 e. The molecule has 0 saturated carbocycles. The van der Waals surface area contributed by atoms with E-state index >= 15 is 0 Å². The van der Waals surface area contributed by atoms with Gasteiger partial charge in [0.1, 0.15) is 5.75 Å². The highest BCUT2D eigenvalue weighted by Gasteiger charge is 2.19. The fourth-order valence-corrected chi connectivity index (χ4v) is 1.37. The normalized spacial score (nSPS) is 11.7. The van der Waals surface area contributed by atoms with Crippen molar-refractivity contribution in [1.29, 1.82) is 0 Å². The van der Waals surface area contributed by atoms with Crippen LogP contribution in [0.25, 0.3) is 0 Å². The van der Waals surface area contributed by atoms with E-state index in [1.165, 1.54) is 24.3 Å². The summed E-state index contributed by atoms with van der Waals surface area (Å²) < 4.78 is 10.3. The Morgan fingerprint density at radius 3 is 2.28 bits per heavy atom. The van der Waals surface area contributed by atoms with Crippen LogP contribution in [-0.2, 0) is 9.53 Å². The number of carbonyl (C=O) groups is 2. The van der Waals surface area contributed by atoms with Crippen LogP contribution >= 0.6 is 0 Å². The van der Waals surface area contributed by atoms with Crippen LogP contribution in [0.1, 0.15) is 30.6 Å². The lowest BCUT2D eigenvalue weighted by atomic mass is 10.2. The maximum absolute atomic E-state index is 11.5. The molecule has 1 atom stereocenters. The summed E-state index contributed by atoms with van der Waals surface area (Å²) in [6.45, 7) is 3.84. The van der Waals surface area contributed by atoms with E-state index in [9.17, 15) is 9.59 Å². The van der Waals surface area contributed by atoms with Crippen LogP contribution in [0.5, 0.6) is 5.75 Å². The summed E-state index contributed by atoms with van der Waals surface area (Å²) in [4.78, 5) is 22.2. The lowest BCUT2D eigenvalue weighted by Gasteiger charge is -2.15. The zero-order chi connectivity index (χ0) is 13.5. The lowest BCUT2D eigenvalue weighted by molar-refractivity contribution is -0.151. The van der Waals surface area contributed by atoms with E-state index in [4.69, 9.17) is 14.6 Å². The Balaban J connectivity index is 2.70. The number of carboxylic acids is 1. The van der Waals surface area contributed by atoms with Crippen molar-refractivity contribution < 1.29 is 24.2 Å². The summed E-state index contributed by atoms with van der Waals surface area (Å²) >= 11 is 0. The molecule has 0 spiro atoms. The number of carbonyl (C=O) groups excluding carboxylic acids is 1. The van der Waals surface area contributed by atoms with Crippen LogP contribution in [0.2, 0.25) is 0 Å². The molecule has 1 unspecified atom stereocenters. The minimum Gasteiger partial charge on any atom is -0.479 e. The third-order valence-corrected chi connectivity index (χ3v) is 2.30. The maximum Gasteiger partial charge on any atom is 0.347 e. The Bertz CT molecular complexity index is 410. The number of benzene rings is 1. The third kappa shape index (κ3) is 3.76. The average Bonchev–Trinajstić information content (AvgIpc) is 2.36. The van der Waals surface area contributed by atoms with E-state index in [0.29, 0.717) is 18.8 Å². The molecule has 1 aromatic carbocycles. The molecule has 0 aliphatic heterocycles. The van der Waals surface area contributed by atoms with Gasteiger partial charge in [-0.25, -0.2) is 9.59 Å². The Morgan fingerprint density at radius 1 is 1.22 bits per heavy atom. The van der Waals surface area contributed by atoms with Crippen molar-refractivity contribution in [3.8, 4) is 5.75 Å². The van der Waals surface area contributed by atoms with E-state index in [1.54, 1.807) is 6.92 Å². The summed E-state index contributed by atoms with van der Waals surface area (Å²) in [6, 6.07) is 5.89. The van der Waals surface area contributed by atoms with Gasteiger partial charge in [0.25, 0.3) is 0 Å². The highest BCUT2D eigenvalue weighted by atomic mass is 16.6. The zero-order valence-corrected chi connectivity index (χ0v) is 10.4. The van der Waals surface area contributed by atoms with Crippen LogP contribution in [0.3, 0.4) is 0 Å². The van der Waals surface area contributed by atoms with Gasteiger partial charge < -0.3 is 14.6 Å². The second-order valence-electron chi connectivity index (χ2n) is 3.60. The van der Waals surface area contributed by atoms with Crippen molar-refractivity contribution in [3.63, 3.8) is 0 Å². The quantitative estimate of drug-likeness (QED) is 0.785. The van der Waals surface area contributed by atoms with Crippen molar-refractivity contribution >= 4 is 11.9 Å². The molecule has 0 fully saturated rings. The lowest BCUT2D eigenvalue weighted by Crippen LogP contribution is -2.28. The molecule has 0 saturated heterocycles. The summed E-state index contributed by atoms with van der Waals surface area (Å²) in [5.41, 5.74) is 0.173. The molecule has 1 rings (SSSR count). The van der Waals surface area contributed by atoms with Crippen molar-refractivity contribution in [1.82, 2.24) is 0 Å². The van der Waals surface area contributed by atoms with E-state index in [0.717, 1.165) is 0 Å². The minimum absolute atomic E-state index is 0.173. The molecule has 0 heterocycles. The zero-order valence-electron chi connectivity index (χ0n) is 10.4. The van der Waals surface area contributed by atoms with Crippen molar-refractivity contribution in [2.45, 2.75) is 26.4 Å². The second-order valence-corrected chi connectivity index (χ2v) is 3.60. The van der Waals surface area contributed by atoms with Crippen molar-refractivity contribution in [3.05, 3.63) is 29.8 Å². The molecule has 5 nitrogen and oxygen atoms in total. The Kier molecular flexibility index (Phi) is 5.17. The van der Waals surface area contributed by atoms with Crippen LogP contribution in [0, 0.1) is 0 Å².